The van der Waals surface area contributed by atoms with E-state index in [9.17, 15) is 9.18 Å². The number of halogens is 1. The molecule has 0 aliphatic heterocycles. The molecule has 3 aromatic rings. The molecule has 2 aromatic heterocycles. The summed E-state index contributed by atoms with van der Waals surface area (Å²) in [5.41, 5.74) is 1.03. The number of hydrogen-bond acceptors (Lipinski definition) is 3. The zero-order chi connectivity index (χ0) is 12.2. The van der Waals surface area contributed by atoms with Crippen molar-refractivity contribution in [3.05, 3.63) is 40.2 Å². The number of aromatic nitrogens is 3. The van der Waals surface area contributed by atoms with Crippen molar-refractivity contribution in [1.29, 1.82) is 0 Å². The minimum absolute atomic E-state index is 0.290. The van der Waals surface area contributed by atoms with Gasteiger partial charge in [0.25, 0.3) is 5.56 Å². The Bertz CT molecular complexity index is 802. The van der Waals surface area contributed by atoms with Crippen LogP contribution in [0, 0.1) is 12.7 Å². The van der Waals surface area contributed by atoms with Crippen LogP contribution < -0.4 is 11.4 Å². The predicted molar refractivity (Wildman–Crippen MR) is 62.7 cm³/mol. The normalized spacial score (nSPS) is 11.4. The molecule has 0 spiro atoms. The van der Waals surface area contributed by atoms with Crippen molar-refractivity contribution in [2.75, 3.05) is 5.84 Å². The molecule has 0 unspecified atom stereocenters. The van der Waals surface area contributed by atoms with Crippen LogP contribution in [0.4, 0.5) is 4.39 Å². The number of nitrogens with two attached hydrogens (primary N) is 1. The van der Waals surface area contributed by atoms with Crippen molar-refractivity contribution < 1.29 is 4.39 Å². The SMILES string of the molecule is Cc1nc2c([nH]c3ccc(F)cc32)c(=O)n1N. The Morgan fingerprint density at radius 2 is 2.24 bits per heavy atom. The highest BCUT2D eigenvalue weighted by atomic mass is 19.1. The smallest absolute Gasteiger partial charge is 0.296 e. The molecule has 2 heterocycles. The third-order valence-electron chi connectivity index (χ3n) is 2.79. The third-order valence-corrected chi connectivity index (χ3v) is 2.79. The monoisotopic (exact) mass is 232 g/mol. The highest BCUT2D eigenvalue weighted by Crippen LogP contribution is 2.22. The molecule has 0 amide bonds. The number of fused-ring (bicyclic) bond motifs is 3. The Labute approximate surface area is 94.7 Å². The second-order valence-corrected chi connectivity index (χ2v) is 3.87. The van der Waals surface area contributed by atoms with Crippen LogP contribution in [0.1, 0.15) is 5.82 Å². The van der Waals surface area contributed by atoms with Crippen molar-refractivity contribution >= 4 is 21.9 Å². The lowest BCUT2D eigenvalue weighted by Crippen LogP contribution is -2.30. The van der Waals surface area contributed by atoms with E-state index in [1.54, 1.807) is 13.0 Å². The van der Waals surface area contributed by atoms with Crippen LogP contribution in [0.5, 0.6) is 0 Å². The van der Waals surface area contributed by atoms with Gasteiger partial charge < -0.3 is 10.8 Å². The van der Waals surface area contributed by atoms with Crippen LogP contribution in [-0.2, 0) is 0 Å². The molecule has 0 bridgehead atoms. The van der Waals surface area contributed by atoms with Gasteiger partial charge in [0.1, 0.15) is 22.7 Å². The topological polar surface area (TPSA) is 76.7 Å². The van der Waals surface area contributed by atoms with E-state index in [1.807, 2.05) is 0 Å². The van der Waals surface area contributed by atoms with Gasteiger partial charge in [-0.2, -0.15) is 0 Å². The molecule has 0 fully saturated rings. The molecule has 0 atom stereocenters. The number of hydrogen-bond donors (Lipinski definition) is 2. The van der Waals surface area contributed by atoms with Crippen molar-refractivity contribution in [3.63, 3.8) is 0 Å². The lowest BCUT2D eigenvalue weighted by molar-refractivity contribution is 0.630. The average molecular weight is 232 g/mol. The van der Waals surface area contributed by atoms with Crippen molar-refractivity contribution in [2.24, 2.45) is 0 Å². The molecular weight excluding hydrogens is 223 g/mol. The summed E-state index contributed by atoms with van der Waals surface area (Å²) in [6.45, 7) is 1.62. The van der Waals surface area contributed by atoms with Crippen LogP contribution in [0.2, 0.25) is 0 Å². The molecular formula is C11H9FN4O. The summed E-state index contributed by atoms with van der Waals surface area (Å²) in [6.07, 6.45) is 0. The zero-order valence-electron chi connectivity index (χ0n) is 8.99. The molecule has 0 aliphatic rings. The van der Waals surface area contributed by atoms with E-state index < -0.39 is 0 Å². The lowest BCUT2D eigenvalue weighted by Gasteiger charge is -2.01. The number of nitrogen functional groups attached to an aromatic ring is 1. The molecule has 0 radical (unpaired) electrons. The molecule has 0 aliphatic carbocycles. The highest BCUT2D eigenvalue weighted by Gasteiger charge is 2.12. The minimum Gasteiger partial charge on any atom is -0.349 e. The number of nitrogens with one attached hydrogen (secondary N) is 1. The van der Waals surface area contributed by atoms with E-state index in [4.69, 9.17) is 5.84 Å². The van der Waals surface area contributed by atoms with Crippen molar-refractivity contribution in [1.82, 2.24) is 14.6 Å². The second-order valence-electron chi connectivity index (χ2n) is 3.87. The van der Waals surface area contributed by atoms with E-state index in [2.05, 4.69) is 9.97 Å². The summed E-state index contributed by atoms with van der Waals surface area (Å²) < 4.78 is 14.1. The van der Waals surface area contributed by atoms with Crippen molar-refractivity contribution in [2.45, 2.75) is 6.92 Å². The second kappa shape index (κ2) is 3.07. The van der Waals surface area contributed by atoms with Crippen LogP contribution >= 0.6 is 0 Å². The minimum atomic E-state index is -0.371. The number of rotatable bonds is 0. The molecule has 6 heteroatoms. The molecule has 0 saturated carbocycles. The van der Waals surface area contributed by atoms with E-state index in [0.717, 1.165) is 4.68 Å². The molecule has 1 aromatic carbocycles. The first-order chi connectivity index (χ1) is 8.08. The first-order valence-corrected chi connectivity index (χ1v) is 5.03. The lowest BCUT2D eigenvalue weighted by atomic mass is 10.2. The molecule has 0 saturated heterocycles. The zero-order valence-corrected chi connectivity index (χ0v) is 8.99. The van der Waals surface area contributed by atoms with Gasteiger partial charge in [0.15, 0.2) is 0 Å². The van der Waals surface area contributed by atoms with Gasteiger partial charge in [0.2, 0.25) is 0 Å². The Hall–Kier alpha value is -2.37. The van der Waals surface area contributed by atoms with E-state index in [-0.39, 0.29) is 11.4 Å². The average Bonchev–Trinajstić information content (AvgIpc) is 2.65. The summed E-state index contributed by atoms with van der Waals surface area (Å²) in [5, 5.41) is 0.584. The van der Waals surface area contributed by atoms with Gasteiger partial charge in [-0.15, -0.1) is 0 Å². The first-order valence-electron chi connectivity index (χ1n) is 5.03. The largest absolute Gasteiger partial charge is 0.349 e. The molecule has 5 nitrogen and oxygen atoms in total. The first kappa shape index (κ1) is 9.83. The van der Waals surface area contributed by atoms with E-state index in [0.29, 0.717) is 27.8 Å². The maximum absolute atomic E-state index is 13.2. The van der Waals surface area contributed by atoms with Gasteiger partial charge in [-0.3, -0.25) is 4.79 Å². The third kappa shape index (κ3) is 1.24. The summed E-state index contributed by atoms with van der Waals surface area (Å²) in [4.78, 5) is 19.0. The quantitative estimate of drug-likeness (QED) is 0.568. The fraction of sp³-hybridized carbons (Fsp3) is 0.0909. The molecule has 86 valence electrons. The Morgan fingerprint density at radius 3 is 3.00 bits per heavy atom. The molecule has 17 heavy (non-hydrogen) atoms. The Balaban J connectivity index is 2.62. The maximum Gasteiger partial charge on any atom is 0.296 e. The summed E-state index contributed by atoms with van der Waals surface area (Å²) in [6, 6.07) is 4.24. The Morgan fingerprint density at radius 1 is 1.47 bits per heavy atom. The van der Waals surface area contributed by atoms with Gasteiger partial charge in [-0.1, -0.05) is 0 Å². The van der Waals surface area contributed by atoms with Crippen LogP contribution in [0.15, 0.2) is 23.0 Å². The van der Waals surface area contributed by atoms with Crippen LogP contribution in [0.3, 0.4) is 0 Å². The van der Waals surface area contributed by atoms with Gasteiger partial charge in [0, 0.05) is 10.9 Å². The van der Waals surface area contributed by atoms with Gasteiger partial charge in [-0.25, -0.2) is 14.1 Å². The van der Waals surface area contributed by atoms with Gasteiger partial charge in [-0.05, 0) is 25.1 Å². The van der Waals surface area contributed by atoms with Crippen LogP contribution in [-0.4, -0.2) is 14.6 Å². The maximum atomic E-state index is 13.2. The van der Waals surface area contributed by atoms with Gasteiger partial charge >= 0.3 is 0 Å². The Kier molecular flexibility index (Phi) is 1.77. The number of aromatic amines is 1. The summed E-state index contributed by atoms with van der Waals surface area (Å²) in [7, 11) is 0. The van der Waals surface area contributed by atoms with Gasteiger partial charge in [0.05, 0.1) is 0 Å². The number of benzene rings is 1. The number of H-pyrrole nitrogens is 1. The predicted octanol–water partition coefficient (Wildman–Crippen LogP) is 1.04. The number of aryl methyl sites for hydroxylation is 1. The fourth-order valence-corrected chi connectivity index (χ4v) is 1.90. The molecule has 3 N–H and O–H groups in total. The molecule has 3 rings (SSSR count). The standard InChI is InChI=1S/C11H9FN4O/c1-5-14-9-7-4-6(12)2-3-8(7)15-10(9)11(17)16(5)13/h2-4,15H,13H2,1H3. The fourth-order valence-electron chi connectivity index (χ4n) is 1.90. The highest BCUT2D eigenvalue weighted by molar-refractivity contribution is 6.04. The van der Waals surface area contributed by atoms with E-state index in [1.165, 1.54) is 12.1 Å². The van der Waals surface area contributed by atoms with Crippen molar-refractivity contribution in [3.8, 4) is 0 Å². The summed E-state index contributed by atoms with van der Waals surface area (Å²) >= 11 is 0. The summed E-state index contributed by atoms with van der Waals surface area (Å²) in [5.74, 6) is 5.56. The van der Waals surface area contributed by atoms with Crippen LogP contribution in [0.25, 0.3) is 21.9 Å². The van der Waals surface area contributed by atoms with E-state index >= 15 is 0 Å². The number of nitrogens with zero attached hydrogens (tertiary/aromatic N) is 2.